The Morgan fingerprint density at radius 3 is 2.75 bits per heavy atom. The fourth-order valence-corrected chi connectivity index (χ4v) is 3.13. The van der Waals surface area contributed by atoms with Crippen molar-refractivity contribution in [2.45, 2.75) is 0 Å². The Labute approximate surface area is 151 Å². The molecule has 2 aromatic carbocycles. The smallest absolute Gasteiger partial charge is 0.250 e. The maximum Gasteiger partial charge on any atom is 0.250 e. The van der Waals surface area contributed by atoms with Crippen molar-refractivity contribution < 1.29 is 9.18 Å². The second kappa shape index (κ2) is 7.51. The third kappa shape index (κ3) is 4.37. The molecule has 0 atom stereocenters. The molecule has 3 rings (SSSR count). The molecular weight excluding hydrogens is 391 g/mol. The zero-order valence-electron chi connectivity index (χ0n) is 12.4. The van der Waals surface area contributed by atoms with E-state index in [9.17, 15) is 9.18 Å². The van der Waals surface area contributed by atoms with E-state index in [1.807, 2.05) is 29.6 Å². The SMILES string of the molecule is O=C(C=Cc1ccc(F)cc1)Nc1nc(-c2cccc(Br)c2)cs1. The minimum atomic E-state index is -0.306. The summed E-state index contributed by atoms with van der Waals surface area (Å²) in [6.07, 6.45) is 3.02. The van der Waals surface area contributed by atoms with Gasteiger partial charge >= 0.3 is 0 Å². The van der Waals surface area contributed by atoms with E-state index < -0.39 is 0 Å². The molecule has 0 bridgehead atoms. The summed E-state index contributed by atoms with van der Waals surface area (Å²) in [5, 5.41) is 5.14. The van der Waals surface area contributed by atoms with Crippen molar-refractivity contribution >= 4 is 44.4 Å². The van der Waals surface area contributed by atoms with Gasteiger partial charge in [0, 0.05) is 21.5 Å². The highest BCUT2D eigenvalue weighted by molar-refractivity contribution is 9.10. The number of nitrogens with one attached hydrogen (secondary N) is 1. The lowest BCUT2D eigenvalue weighted by atomic mass is 10.2. The van der Waals surface area contributed by atoms with Gasteiger partial charge in [-0.25, -0.2) is 9.37 Å². The minimum Gasteiger partial charge on any atom is -0.298 e. The van der Waals surface area contributed by atoms with E-state index in [0.29, 0.717) is 5.13 Å². The van der Waals surface area contributed by atoms with Gasteiger partial charge in [0.15, 0.2) is 5.13 Å². The highest BCUT2D eigenvalue weighted by Gasteiger charge is 2.06. The van der Waals surface area contributed by atoms with Crippen molar-refractivity contribution in [1.29, 1.82) is 0 Å². The Morgan fingerprint density at radius 2 is 2.00 bits per heavy atom. The second-order valence-corrected chi connectivity index (χ2v) is 6.70. The lowest BCUT2D eigenvalue weighted by molar-refractivity contribution is -0.111. The zero-order valence-corrected chi connectivity index (χ0v) is 14.8. The Morgan fingerprint density at radius 1 is 1.21 bits per heavy atom. The third-order valence-corrected chi connectivity index (χ3v) is 4.40. The Balaban J connectivity index is 1.66. The van der Waals surface area contributed by atoms with Gasteiger partial charge in [-0.15, -0.1) is 11.3 Å². The molecule has 1 aromatic heterocycles. The summed E-state index contributed by atoms with van der Waals surface area (Å²) in [7, 11) is 0. The van der Waals surface area contributed by atoms with Crippen LogP contribution in [-0.2, 0) is 4.79 Å². The summed E-state index contributed by atoms with van der Waals surface area (Å²) in [6.45, 7) is 0. The first-order valence-corrected chi connectivity index (χ1v) is 8.73. The average Bonchev–Trinajstić information content (AvgIpc) is 3.03. The lowest BCUT2D eigenvalue weighted by Crippen LogP contribution is -2.07. The molecule has 3 nitrogen and oxygen atoms in total. The van der Waals surface area contributed by atoms with Crippen LogP contribution in [0.25, 0.3) is 17.3 Å². The van der Waals surface area contributed by atoms with Gasteiger partial charge in [-0.05, 0) is 35.9 Å². The molecule has 0 aliphatic carbocycles. The zero-order chi connectivity index (χ0) is 16.9. The molecule has 1 heterocycles. The highest BCUT2D eigenvalue weighted by atomic mass is 79.9. The number of anilines is 1. The van der Waals surface area contributed by atoms with Crippen molar-refractivity contribution in [3.63, 3.8) is 0 Å². The minimum absolute atomic E-state index is 0.283. The number of rotatable bonds is 4. The predicted octanol–water partition coefficient (Wildman–Crippen LogP) is 5.36. The molecule has 0 unspecified atom stereocenters. The van der Waals surface area contributed by atoms with Crippen molar-refractivity contribution in [2.24, 2.45) is 0 Å². The lowest BCUT2D eigenvalue weighted by Gasteiger charge is -1.98. The predicted molar refractivity (Wildman–Crippen MR) is 99.3 cm³/mol. The van der Waals surface area contributed by atoms with E-state index in [4.69, 9.17) is 0 Å². The summed E-state index contributed by atoms with van der Waals surface area (Å²) in [5.41, 5.74) is 2.53. The number of thiazole rings is 1. The summed E-state index contributed by atoms with van der Waals surface area (Å²) in [6, 6.07) is 13.7. The first-order valence-electron chi connectivity index (χ1n) is 7.06. The molecule has 1 N–H and O–H groups in total. The van der Waals surface area contributed by atoms with Crippen LogP contribution < -0.4 is 5.32 Å². The van der Waals surface area contributed by atoms with E-state index in [1.165, 1.54) is 29.5 Å². The fourth-order valence-electron chi connectivity index (χ4n) is 2.00. The van der Waals surface area contributed by atoms with Crippen molar-refractivity contribution in [3.8, 4) is 11.3 Å². The number of carbonyl (C=O) groups excluding carboxylic acids is 1. The van der Waals surface area contributed by atoms with Crippen LogP contribution in [-0.4, -0.2) is 10.9 Å². The van der Waals surface area contributed by atoms with Crippen molar-refractivity contribution in [3.05, 3.63) is 75.8 Å². The largest absolute Gasteiger partial charge is 0.298 e. The molecule has 0 fully saturated rings. The quantitative estimate of drug-likeness (QED) is 0.596. The monoisotopic (exact) mass is 402 g/mol. The summed E-state index contributed by atoms with van der Waals surface area (Å²) in [4.78, 5) is 16.4. The number of carbonyl (C=O) groups is 1. The van der Waals surface area contributed by atoms with Crippen molar-refractivity contribution in [1.82, 2.24) is 4.98 Å². The van der Waals surface area contributed by atoms with E-state index in [0.717, 1.165) is 21.3 Å². The van der Waals surface area contributed by atoms with Crippen LogP contribution in [0.15, 0.2) is 64.5 Å². The van der Waals surface area contributed by atoms with Gasteiger partial charge in [0.1, 0.15) is 5.82 Å². The van der Waals surface area contributed by atoms with Gasteiger partial charge in [0.2, 0.25) is 5.91 Å². The molecule has 3 aromatic rings. The fraction of sp³-hybridized carbons (Fsp3) is 0. The molecule has 0 radical (unpaired) electrons. The maximum atomic E-state index is 12.8. The van der Waals surface area contributed by atoms with Gasteiger partial charge in [0.25, 0.3) is 0 Å². The van der Waals surface area contributed by atoms with Crippen LogP contribution in [0.4, 0.5) is 9.52 Å². The summed E-state index contributed by atoms with van der Waals surface area (Å²) >= 11 is 4.79. The second-order valence-electron chi connectivity index (χ2n) is 4.92. The van der Waals surface area contributed by atoms with Crippen molar-refractivity contribution in [2.75, 3.05) is 5.32 Å². The van der Waals surface area contributed by atoms with Gasteiger partial charge in [0.05, 0.1) is 5.69 Å². The molecule has 6 heteroatoms. The molecular formula is C18H12BrFN2OS. The Hall–Kier alpha value is -2.31. The topological polar surface area (TPSA) is 42.0 Å². The molecule has 120 valence electrons. The number of aromatic nitrogens is 1. The van der Waals surface area contributed by atoms with E-state index in [1.54, 1.807) is 18.2 Å². The van der Waals surface area contributed by atoms with Gasteiger partial charge < -0.3 is 0 Å². The van der Waals surface area contributed by atoms with Gasteiger partial charge in [-0.1, -0.05) is 40.2 Å². The van der Waals surface area contributed by atoms with Crippen LogP contribution in [0.5, 0.6) is 0 Å². The van der Waals surface area contributed by atoms with Gasteiger partial charge in [-0.3, -0.25) is 10.1 Å². The molecule has 0 saturated heterocycles. The summed E-state index contributed by atoms with van der Waals surface area (Å²) < 4.78 is 13.8. The van der Waals surface area contributed by atoms with E-state index in [-0.39, 0.29) is 11.7 Å². The molecule has 0 aliphatic heterocycles. The normalized spacial score (nSPS) is 10.9. The number of hydrogen-bond donors (Lipinski definition) is 1. The van der Waals surface area contributed by atoms with Crippen LogP contribution in [0.3, 0.4) is 0 Å². The standard InChI is InChI=1S/C18H12BrFN2OS/c19-14-3-1-2-13(10-14)16-11-24-18(21-16)22-17(23)9-6-12-4-7-15(20)8-5-12/h1-11H,(H,21,22,23). The first kappa shape index (κ1) is 16.5. The molecule has 0 spiro atoms. The summed E-state index contributed by atoms with van der Waals surface area (Å²) in [5.74, 6) is -0.589. The first-order chi connectivity index (χ1) is 11.6. The van der Waals surface area contributed by atoms with E-state index >= 15 is 0 Å². The number of amides is 1. The maximum absolute atomic E-state index is 12.8. The molecule has 0 aliphatic rings. The van der Waals surface area contributed by atoms with Crippen LogP contribution in [0, 0.1) is 5.82 Å². The number of benzene rings is 2. The van der Waals surface area contributed by atoms with Crippen LogP contribution in [0.2, 0.25) is 0 Å². The van der Waals surface area contributed by atoms with E-state index in [2.05, 4.69) is 26.2 Å². The van der Waals surface area contributed by atoms with Gasteiger partial charge in [-0.2, -0.15) is 0 Å². The molecule has 1 amide bonds. The third-order valence-electron chi connectivity index (χ3n) is 3.15. The average molecular weight is 403 g/mol. The molecule has 0 saturated carbocycles. The number of halogens is 2. The highest BCUT2D eigenvalue weighted by Crippen LogP contribution is 2.26. The number of nitrogens with zero attached hydrogens (tertiary/aromatic N) is 1. The Kier molecular flexibility index (Phi) is 5.17. The number of hydrogen-bond acceptors (Lipinski definition) is 3. The van der Waals surface area contributed by atoms with Crippen LogP contribution >= 0.6 is 27.3 Å². The Bertz CT molecular complexity index is 890. The molecule has 24 heavy (non-hydrogen) atoms. The van der Waals surface area contributed by atoms with Crippen LogP contribution in [0.1, 0.15) is 5.56 Å².